The van der Waals surface area contributed by atoms with Gasteiger partial charge in [0, 0.05) is 24.2 Å². The Bertz CT molecular complexity index is 531. The zero-order valence-corrected chi connectivity index (χ0v) is 9.91. The second kappa shape index (κ2) is 4.78. The van der Waals surface area contributed by atoms with Crippen molar-refractivity contribution in [3.63, 3.8) is 0 Å². The first-order valence-corrected chi connectivity index (χ1v) is 6.10. The van der Waals surface area contributed by atoms with Gasteiger partial charge < -0.3 is 10.6 Å². The molecule has 0 amide bonds. The van der Waals surface area contributed by atoms with Gasteiger partial charge in [-0.3, -0.25) is 5.10 Å². The summed E-state index contributed by atoms with van der Waals surface area (Å²) in [5.41, 5.74) is 1.63. The summed E-state index contributed by atoms with van der Waals surface area (Å²) in [6, 6.07) is 8.82. The number of halogens is 1. The number of nitrogens with zero attached hydrogens (tertiary/aromatic N) is 1. The first-order valence-electron chi connectivity index (χ1n) is 6.10. The lowest BCUT2D eigenvalue weighted by Crippen LogP contribution is -2.22. The molecule has 0 bridgehead atoms. The molecule has 0 spiro atoms. The number of hydrogen-bond donors (Lipinski definition) is 3. The Morgan fingerprint density at radius 1 is 1.33 bits per heavy atom. The summed E-state index contributed by atoms with van der Waals surface area (Å²) < 4.78 is 13.1. The van der Waals surface area contributed by atoms with E-state index in [1.807, 2.05) is 12.1 Å². The molecular weight excluding hydrogens is 231 g/mol. The molecule has 1 aliphatic rings. The van der Waals surface area contributed by atoms with Crippen molar-refractivity contribution < 1.29 is 4.39 Å². The fraction of sp³-hybridized carbons (Fsp3) is 0.308. The van der Waals surface area contributed by atoms with Crippen LogP contribution in [0.3, 0.4) is 0 Å². The quantitative estimate of drug-likeness (QED) is 0.776. The predicted molar refractivity (Wildman–Crippen MR) is 68.9 cm³/mol. The van der Waals surface area contributed by atoms with E-state index in [1.165, 1.54) is 12.1 Å². The highest BCUT2D eigenvalue weighted by Crippen LogP contribution is 2.21. The standard InChI is InChI=1S/C13H15FN4/c14-10-3-1-2-9(6-10)12-7-13(18-17-12)16-11-4-5-15-8-11/h1-3,6-7,11,15H,4-5,8H2,(H2,16,17,18). The van der Waals surface area contributed by atoms with Crippen LogP contribution in [0.15, 0.2) is 30.3 Å². The molecule has 5 heteroatoms. The lowest BCUT2D eigenvalue weighted by atomic mass is 10.1. The van der Waals surface area contributed by atoms with Crippen LogP contribution in [0.25, 0.3) is 11.3 Å². The van der Waals surface area contributed by atoms with Crippen LogP contribution < -0.4 is 10.6 Å². The second-order valence-corrected chi connectivity index (χ2v) is 4.51. The van der Waals surface area contributed by atoms with Crippen LogP contribution in [0.1, 0.15) is 6.42 Å². The zero-order chi connectivity index (χ0) is 12.4. The molecule has 18 heavy (non-hydrogen) atoms. The van der Waals surface area contributed by atoms with Crippen LogP contribution in [0.2, 0.25) is 0 Å². The molecule has 1 aromatic heterocycles. The number of rotatable bonds is 3. The highest BCUT2D eigenvalue weighted by molar-refractivity contribution is 5.62. The van der Waals surface area contributed by atoms with Crippen molar-refractivity contribution in [3.8, 4) is 11.3 Å². The minimum atomic E-state index is -0.239. The number of anilines is 1. The highest BCUT2D eigenvalue weighted by atomic mass is 19.1. The molecule has 0 radical (unpaired) electrons. The van der Waals surface area contributed by atoms with Crippen LogP contribution in [0.5, 0.6) is 0 Å². The summed E-state index contributed by atoms with van der Waals surface area (Å²) in [5.74, 6) is 0.569. The number of aromatic amines is 1. The number of aromatic nitrogens is 2. The normalized spacial score (nSPS) is 19.1. The number of benzene rings is 1. The van der Waals surface area contributed by atoms with Gasteiger partial charge in [0.1, 0.15) is 11.6 Å². The van der Waals surface area contributed by atoms with E-state index in [0.717, 1.165) is 36.6 Å². The van der Waals surface area contributed by atoms with E-state index < -0.39 is 0 Å². The third kappa shape index (κ3) is 2.36. The van der Waals surface area contributed by atoms with Crippen molar-refractivity contribution in [1.82, 2.24) is 15.5 Å². The molecule has 2 heterocycles. The third-order valence-corrected chi connectivity index (χ3v) is 3.13. The smallest absolute Gasteiger partial charge is 0.148 e. The van der Waals surface area contributed by atoms with Crippen LogP contribution in [-0.4, -0.2) is 29.3 Å². The molecule has 2 aromatic rings. The van der Waals surface area contributed by atoms with E-state index in [-0.39, 0.29) is 5.82 Å². The highest BCUT2D eigenvalue weighted by Gasteiger charge is 2.15. The molecule has 0 saturated carbocycles. The lowest BCUT2D eigenvalue weighted by Gasteiger charge is -2.08. The van der Waals surface area contributed by atoms with E-state index in [9.17, 15) is 4.39 Å². The van der Waals surface area contributed by atoms with E-state index in [4.69, 9.17) is 0 Å². The topological polar surface area (TPSA) is 52.7 Å². The van der Waals surface area contributed by atoms with Crippen molar-refractivity contribution >= 4 is 5.82 Å². The SMILES string of the molecule is Fc1cccc(-c2cc(NC3CCNC3)n[nH]2)c1. The second-order valence-electron chi connectivity index (χ2n) is 4.51. The van der Waals surface area contributed by atoms with Crippen molar-refractivity contribution in [2.45, 2.75) is 12.5 Å². The summed E-state index contributed by atoms with van der Waals surface area (Å²) in [6.07, 6.45) is 1.10. The van der Waals surface area contributed by atoms with Crippen molar-refractivity contribution in [1.29, 1.82) is 0 Å². The summed E-state index contributed by atoms with van der Waals surface area (Å²) >= 11 is 0. The Balaban J connectivity index is 1.76. The van der Waals surface area contributed by atoms with Gasteiger partial charge in [-0.2, -0.15) is 5.10 Å². The van der Waals surface area contributed by atoms with Gasteiger partial charge in [-0.05, 0) is 25.1 Å². The van der Waals surface area contributed by atoms with Crippen LogP contribution in [0.4, 0.5) is 10.2 Å². The van der Waals surface area contributed by atoms with Gasteiger partial charge in [0.15, 0.2) is 0 Å². The predicted octanol–water partition coefficient (Wildman–Crippen LogP) is 1.99. The first kappa shape index (κ1) is 11.2. The monoisotopic (exact) mass is 246 g/mol. The molecule has 1 saturated heterocycles. The minimum Gasteiger partial charge on any atom is -0.365 e. The van der Waals surface area contributed by atoms with Gasteiger partial charge in [-0.25, -0.2) is 4.39 Å². The molecule has 1 atom stereocenters. The Hall–Kier alpha value is -1.88. The van der Waals surface area contributed by atoms with E-state index in [0.29, 0.717) is 6.04 Å². The lowest BCUT2D eigenvalue weighted by molar-refractivity contribution is 0.628. The molecule has 1 unspecified atom stereocenters. The molecule has 4 nitrogen and oxygen atoms in total. The Labute approximate surface area is 105 Å². The summed E-state index contributed by atoms with van der Waals surface area (Å²) in [7, 11) is 0. The molecule has 1 fully saturated rings. The van der Waals surface area contributed by atoms with Gasteiger partial charge in [-0.15, -0.1) is 0 Å². The average Bonchev–Trinajstić information content (AvgIpc) is 3.01. The molecule has 3 N–H and O–H groups in total. The Kier molecular flexibility index (Phi) is 2.98. The van der Waals surface area contributed by atoms with Crippen LogP contribution in [0, 0.1) is 5.82 Å². The minimum absolute atomic E-state index is 0.239. The number of hydrogen-bond acceptors (Lipinski definition) is 3. The maximum Gasteiger partial charge on any atom is 0.148 e. The van der Waals surface area contributed by atoms with Gasteiger partial charge in [0.2, 0.25) is 0 Å². The average molecular weight is 246 g/mol. The largest absolute Gasteiger partial charge is 0.365 e. The fourth-order valence-corrected chi connectivity index (χ4v) is 2.19. The van der Waals surface area contributed by atoms with Gasteiger partial charge >= 0.3 is 0 Å². The van der Waals surface area contributed by atoms with E-state index >= 15 is 0 Å². The number of nitrogens with one attached hydrogen (secondary N) is 3. The molecule has 1 aliphatic heterocycles. The van der Waals surface area contributed by atoms with Gasteiger partial charge in [-0.1, -0.05) is 12.1 Å². The summed E-state index contributed by atoms with van der Waals surface area (Å²) in [6.45, 7) is 2.00. The van der Waals surface area contributed by atoms with Crippen LogP contribution in [-0.2, 0) is 0 Å². The van der Waals surface area contributed by atoms with Crippen molar-refractivity contribution in [2.75, 3.05) is 18.4 Å². The maximum absolute atomic E-state index is 13.1. The first-order chi connectivity index (χ1) is 8.81. The molecule has 1 aromatic carbocycles. The van der Waals surface area contributed by atoms with Crippen molar-refractivity contribution in [3.05, 3.63) is 36.1 Å². The van der Waals surface area contributed by atoms with Crippen LogP contribution >= 0.6 is 0 Å². The van der Waals surface area contributed by atoms with Gasteiger partial charge in [0.05, 0.1) is 5.69 Å². The van der Waals surface area contributed by atoms with Gasteiger partial charge in [0.25, 0.3) is 0 Å². The summed E-state index contributed by atoms with van der Waals surface area (Å²) in [5, 5.41) is 13.8. The fourth-order valence-electron chi connectivity index (χ4n) is 2.19. The maximum atomic E-state index is 13.1. The zero-order valence-electron chi connectivity index (χ0n) is 9.91. The molecule has 3 rings (SSSR count). The molecular formula is C13H15FN4. The summed E-state index contributed by atoms with van der Waals surface area (Å²) in [4.78, 5) is 0. The third-order valence-electron chi connectivity index (χ3n) is 3.13. The number of H-pyrrole nitrogens is 1. The molecule has 0 aliphatic carbocycles. The molecule has 94 valence electrons. The Morgan fingerprint density at radius 3 is 3.06 bits per heavy atom. The van der Waals surface area contributed by atoms with E-state index in [2.05, 4.69) is 20.8 Å². The van der Waals surface area contributed by atoms with Crippen molar-refractivity contribution in [2.24, 2.45) is 0 Å². The van der Waals surface area contributed by atoms with E-state index in [1.54, 1.807) is 6.07 Å². The Morgan fingerprint density at radius 2 is 2.28 bits per heavy atom.